The summed E-state index contributed by atoms with van der Waals surface area (Å²) < 4.78 is 38.1. The highest BCUT2D eigenvalue weighted by molar-refractivity contribution is 7.89. The van der Waals surface area contributed by atoms with Crippen molar-refractivity contribution in [3.63, 3.8) is 0 Å². The van der Waals surface area contributed by atoms with Crippen molar-refractivity contribution < 1.29 is 22.7 Å². The number of anilines is 1. The molecule has 1 N–H and O–H groups in total. The summed E-state index contributed by atoms with van der Waals surface area (Å²) in [6, 6.07) is 9.24. The van der Waals surface area contributed by atoms with E-state index in [0.29, 0.717) is 30.3 Å². The van der Waals surface area contributed by atoms with Crippen LogP contribution in [0.4, 0.5) is 5.69 Å². The van der Waals surface area contributed by atoms with Crippen LogP contribution in [0.15, 0.2) is 41.3 Å². The van der Waals surface area contributed by atoms with E-state index in [4.69, 9.17) is 21.1 Å². The molecule has 30 heavy (non-hydrogen) atoms. The zero-order valence-corrected chi connectivity index (χ0v) is 18.6. The molecule has 3 rings (SSSR count). The molecule has 0 radical (unpaired) electrons. The van der Waals surface area contributed by atoms with E-state index in [1.165, 1.54) is 36.7 Å². The van der Waals surface area contributed by atoms with Crippen LogP contribution in [0.3, 0.4) is 0 Å². The summed E-state index contributed by atoms with van der Waals surface area (Å²) in [6.07, 6.45) is 3.65. The van der Waals surface area contributed by atoms with E-state index in [1.54, 1.807) is 18.2 Å². The smallest absolute Gasteiger partial charge is 0.255 e. The second-order valence-corrected chi connectivity index (χ2v) is 9.30. The van der Waals surface area contributed by atoms with E-state index < -0.39 is 15.9 Å². The van der Waals surface area contributed by atoms with Gasteiger partial charge >= 0.3 is 0 Å². The van der Waals surface area contributed by atoms with Gasteiger partial charge in [0.1, 0.15) is 4.90 Å². The summed E-state index contributed by atoms with van der Waals surface area (Å²) in [5.41, 5.74) is 0.687. The largest absolute Gasteiger partial charge is 0.493 e. The number of nitrogens with one attached hydrogen (secondary N) is 1. The van der Waals surface area contributed by atoms with Crippen molar-refractivity contribution >= 4 is 33.2 Å². The molecule has 1 amide bonds. The molecule has 162 valence electrons. The molecule has 0 aromatic heterocycles. The molecule has 0 spiro atoms. The van der Waals surface area contributed by atoms with Crippen LogP contribution in [0, 0.1) is 0 Å². The molecule has 9 heteroatoms. The van der Waals surface area contributed by atoms with Crippen LogP contribution in [-0.4, -0.2) is 45.9 Å². The molecule has 0 unspecified atom stereocenters. The molecule has 1 saturated heterocycles. The fraction of sp³-hybridized carbons (Fsp3) is 0.381. The average Bonchev–Trinajstić information content (AvgIpc) is 3.04. The molecule has 0 aliphatic carbocycles. The Bertz CT molecular complexity index is 1020. The highest BCUT2D eigenvalue weighted by Gasteiger charge is 2.28. The minimum atomic E-state index is -3.78. The predicted molar refractivity (Wildman–Crippen MR) is 116 cm³/mol. The van der Waals surface area contributed by atoms with Gasteiger partial charge in [-0.05, 0) is 43.2 Å². The number of carbonyl (C=O) groups excluding carboxylic acids is 1. The van der Waals surface area contributed by atoms with Gasteiger partial charge in [-0.2, -0.15) is 4.31 Å². The lowest BCUT2D eigenvalue weighted by molar-refractivity contribution is 0.102. The molecule has 0 atom stereocenters. The Morgan fingerprint density at radius 2 is 1.63 bits per heavy atom. The van der Waals surface area contributed by atoms with Gasteiger partial charge < -0.3 is 14.8 Å². The van der Waals surface area contributed by atoms with E-state index in [0.717, 1.165) is 25.7 Å². The highest BCUT2D eigenvalue weighted by Crippen LogP contribution is 2.31. The van der Waals surface area contributed by atoms with Crippen LogP contribution in [0.5, 0.6) is 11.5 Å². The first-order valence-corrected chi connectivity index (χ1v) is 11.5. The minimum Gasteiger partial charge on any atom is -0.493 e. The number of hydrogen-bond acceptors (Lipinski definition) is 5. The minimum absolute atomic E-state index is 0.0500. The van der Waals surface area contributed by atoms with E-state index in [2.05, 4.69) is 5.32 Å². The number of rotatable bonds is 6. The summed E-state index contributed by atoms with van der Waals surface area (Å²) in [6.45, 7) is 0.918. The fourth-order valence-electron chi connectivity index (χ4n) is 3.38. The van der Waals surface area contributed by atoms with Gasteiger partial charge in [-0.3, -0.25) is 4.79 Å². The summed E-state index contributed by atoms with van der Waals surface area (Å²) in [5.74, 6) is 0.551. The first-order chi connectivity index (χ1) is 14.4. The first-order valence-electron chi connectivity index (χ1n) is 9.70. The molecular weight excluding hydrogens is 428 g/mol. The normalized spacial score (nSPS) is 15.3. The number of methoxy groups -OCH3 is 2. The molecule has 2 aromatic rings. The topological polar surface area (TPSA) is 84.9 Å². The van der Waals surface area contributed by atoms with Gasteiger partial charge in [0.25, 0.3) is 5.91 Å². The Hall–Kier alpha value is -2.29. The lowest BCUT2D eigenvalue weighted by atomic mass is 10.2. The van der Waals surface area contributed by atoms with Gasteiger partial charge in [-0.25, -0.2) is 8.42 Å². The molecule has 1 fully saturated rings. The Kier molecular flexibility index (Phi) is 7.23. The van der Waals surface area contributed by atoms with Crippen molar-refractivity contribution in [1.29, 1.82) is 0 Å². The van der Waals surface area contributed by atoms with E-state index in [9.17, 15) is 13.2 Å². The molecular formula is C21H25ClN2O5S. The van der Waals surface area contributed by atoms with Crippen molar-refractivity contribution in [2.45, 2.75) is 30.6 Å². The number of carbonyl (C=O) groups is 1. The second kappa shape index (κ2) is 9.68. The summed E-state index contributed by atoms with van der Waals surface area (Å²) in [7, 11) is -0.753. The SMILES string of the molecule is COc1ccc(NC(=O)c2ccc(Cl)c(S(=O)(=O)N3CCCCCC3)c2)cc1OC. The van der Waals surface area contributed by atoms with Gasteiger partial charge in [0.2, 0.25) is 10.0 Å². The van der Waals surface area contributed by atoms with Gasteiger partial charge in [-0.15, -0.1) is 0 Å². The quantitative estimate of drug-likeness (QED) is 0.710. The monoisotopic (exact) mass is 452 g/mol. The highest BCUT2D eigenvalue weighted by atomic mass is 35.5. The number of nitrogens with zero attached hydrogens (tertiary/aromatic N) is 1. The third-order valence-electron chi connectivity index (χ3n) is 5.02. The summed E-state index contributed by atoms with van der Waals surface area (Å²) in [4.78, 5) is 12.7. The van der Waals surface area contributed by atoms with Crippen molar-refractivity contribution in [3.8, 4) is 11.5 Å². The molecule has 0 bridgehead atoms. The molecule has 1 heterocycles. The second-order valence-electron chi connectivity index (χ2n) is 6.99. The maximum atomic E-state index is 13.1. The summed E-state index contributed by atoms with van der Waals surface area (Å²) >= 11 is 6.21. The van der Waals surface area contributed by atoms with Crippen molar-refractivity contribution in [3.05, 3.63) is 47.0 Å². The maximum Gasteiger partial charge on any atom is 0.255 e. The Morgan fingerprint density at radius 3 is 2.27 bits per heavy atom. The predicted octanol–water partition coefficient (Wildman–Crippen LogP) is 4.17. The molecule has 1 aliphatic heterocycles. The number of hydrogen-bond donors (Lipinski definition) is 1. The van der Waals surface area contributed by atoms with E-state index >= 15 is 0 Å². The van der Waals surface area contributed by atoms with E-state index in [1.807, 2.05) is 0 Å². The summed E-state index contributed by atoms with van der Waals surface area (Å²) in [5, 5.41) is 2.84. The number of ether oxygens (including phenoxy) is 2. The zero-order valence-electron chi connectivity index (χ0n) is 17.0. The Morgan fingerprint density at radius 1 is 0.967 bits per heavy atom. The maximum absolute atomic E-state index is 13.1. The number of sulfonamides is 1. The zero-order chi connectivity index (χ0) is 21.7. The van der Waals surface area contributed by atoms with Crippen LogP contribution in [0.2, 0.25) is 5.02 Å². The van der Waals surface area contributed by atoms with Gasteiger partial charge in [0.15, 0.2) is 11.5 Å². The molecule has 1 aliphatic rings. The fourth-order valence-corrected chi connectivity index (χ4v) is 5.40. The first kappa shape index (κ1) is 22.4. The van der Waals surface area contributed by atoms with Crippen LogP contribution in [0.1, 0.15) is 36.0 Å². The third kappa shape index (κ3) is 4.88. The third-order valence-corrected chi connectivity index (χ3v) is 7.40. The van der Waals surface area contributed by atoms with Crippen molar-refractivity contribution in [2.24, 2.45) is 0 Å². The lowest BCUT2D eigenvalue weighted by Crippen LogP contribution is -2.32. The lowest BCUT2D eigenvalue weighted by Gasteiger charge is -2.21. The van der Waals surface area contributed by atoms with Crippen LogP contribution in [0.25, 0.3) is 0 Å². The standard InChI is InChI=1S/C21H25ClN2O5S/c1-28-18-10-8-16(14-19(18)29-2)23-21(25)15-7-9-17(22)20(13-15)30(26,27)24-11-5-3-4-6-12-24/h7-10,13-14H,3-6,11-12H2,1-2H3,(H,23,25). The Balaban J connectivity index is 1.86. The van der Waals surface area contributed by atoms with Gasteiger partial charge in [-0.1, -0.05) is 24.4 Å². The number of amides is 1. The van der Waals surface area contributed by atoms with Crippen LogP contribution >= 0.6 is 11.6 Å². The molecule has 0 saturated carbocycles. The van der Waals surface area contributed by atoms with Crippen LogP contribution in [-0.2, 0) is 10.0 Å². The Labute approximate surface area is 182 Å². The van der Waals surface area contributed by atoms with E-state index in [-0.39, 0.29) is 15.5 Å². The molecule has 2 aromatic carbocycles. The average molecular weight is 453 g/mol. The van der Waals surface area contributed by atoms with Gasteiger partial charge in [0, 0.05) is 30.4 Å². The van der Waals surface area contributed by atoms with Crippen molar-refractivity contribution in [1.82, 2.24) is 4.31 Å². The molecule has 7 nitrogen and oxygen atoms in total. The number of halogens is 1. The van der Waals surface area contributed by atoms with Gasteiger partial charge in [0.05, 0.1) is 19.2 Å². The number of benzene rings is 2. The van der Waals surface area contributed by atoms with Crippen molar-refractivity contribution in [2.75, 3.05) is 32.6 Å². The van der Waals surface area contributed by atoms with Crippen LogP contribution < -0.4 is 14.8 Å².